The van der Waals surface area contributed by atoms with Gasteiger partial charge in [-0.15, -0.1) is 0 Å². The van der Waals surface area contributed by atoms with E-state index in [-0.39, 0.29) is 23.7 Å². The van der Waals surface area contributed by atoms with Gasteiger partial charge in [0.1, 0.15) is 7.05 Å². The Kier molecular flexibility index (Phi) is 6.14. The Morgan fingerprint density at radius 3 is 2.61 bits per heavy atom. The maximum Gasteiger partial charge on any atom is 0.454 e. The summed E-state index contributed by atoms with van der Waals surface area (Å²) in [4.78, 5) is 25.0. The van der Waals surface area contributed by atoms with E-state index in [0.717, 1.165) is 23.3 Å². The van der Waals surface area contributed by atoms with E-state index >= 15 is 0 Å². The van der Waals surface area contributed by atoms with Gasteiger partial charge in [0, 0.05) is 23.2 Å². The van der Waals surface area contributed by atoms with Gasteiger partial charge in [-0.2, -0.15) is 4.58 Å². The van der Waals surface area contributed by atoms with Crippen molar-refractivity contribution < 1.29 is 18.9 Å². The van der Waals surface area contributed by atoms with Crippen LogP contribution in [0.1, 0.15) is 21.5 Å². The molecule has 2 amide bonds. The summed E-state index contributed by atoms with van der Waals surface area (Å²) < 4.78 is 7.46. The van der Waals surface area contributed by atoms with Crippen molar-refractivity contribution in [3.63, 3.8) is 0 Å². The van der Waals surface area contributed by atoms with E-state index in [9.17, 15) is 9.59 Å². The van der Waals surface area contributed by atoms with Crippen molar-refractivity contribution in [1.29, 1.82) is 0 Å². The van der Waals surface area contributed by atoms with Gasteiger partial charge in [0.15, 0.2) is 0 Å². The predicted molar refractivity (Wildman–Crippen MR) is 121 cm³/mol. The van der Waals surface area contributed by atoms with Gasteiger partial charge in [-0.25, -0.2) is 4.79 Å². The fraction of sp³-hybridized carbons (Fsp3) is 0.160. The molecule has 1 atom stereocenters. The normalized spacial score (nSPS) is 18.7. The first-order valence-corrected chi connectivity index (χ1v) is 10.4. The number of fused-ring (bicyclic) bond motifs is 1. The average molecular weight is 434 g/mol. The Labute approximate surface area is 186 Å². The number of benzene rings is 2. The monoisotopic (exact) mass is 433 g/mol. The molecule has 31 heavy (non-hydrogen) atoms. The van der Waals surface area contributed by atoms with E-state index < -0.39 is 0 Å². The first-order chi connectivity index (χ1) is 15.0. The van der Waals surface area contributed by atoms with Crippen LogP contribution in [-0.2, 0) is 16.0 Å². The van der Waals surface area contributed by atoms with Gasteiger partial charge in [0.05, 0.1) is 0 Å². The van der Waals surface area contributed by atoms with E-state index in [1.807, 2.05) is 48.6 Å². The number of likely N-dealkylation sites (N-methyl/N-ethyl adjacent to an activating group) is 1. The van der Waals surface area contributed by atoms with Crippen LogP contribution in [0, 0.1) is 0 Å². The quantitative estimate of drug-likeness (QED) is 0.576. The van der Waals surface area contributed by atoms with Crippen molar-refractivity contribution in [3.8, 4) is 0 Å². The summed E-state index contributed by atoms with van der Waals surface area (Å²) in [5, 5.41) is 3.61. The zero-order valence-corrected chi connectivity index (χ0v) is 17.8. The number of hydrogen-bond donors (Lipinski definition) is 1. The second-order valence-corrected chi connectivity index (χ2v) is 7.77. The molecular weight excluding hydrogens is 412 g/mol. The van der Waals surface area contributed by atoms with Crippen molar-refractivity contribution >= 4 is 35.2 Å². The van der Waals surface area contributed by atoms with Crippen LogP contribution in [0.2, 0.25) is 5.02 Å². The molecule has 2 aliphatic rings. The lowest BCUT2D eigenvalue weighted by molar-refractivity contribution is -0.424. The highest BCUT2D eigenvalue weighted by molar-refractivity contribution is 6.30. The summed E-state index contributed by atoms with van der Waals surface area (Å²) >= 11 is 5.89. The third kappa shape index (κ3) is 4.84. The molecule has 0 spiro atoms. The Bertz CT molecular complexity index is 1130. The second-order valence-electron chi connectivity index (χ2n) is 7.33. The number of halogens is 1. The van der Waals surface area contributed by atoms with E-state index in [2.05, 4.69) is 5.32 Å². The molecule has 4 rings (SSSR count). The smallest absolute Gasteiger partial charge is 0.454 e. The Morgan fingerprint density at radius 1 is 1.13 bits per heavy atom. The third-order valence-electron chi connectivity index (χ3n) is 5.20. The molecule has 1 unspecified atom stereocenters. The van der Waals surface area contributed by atoms with Gasteiger partial charge in [0.2, 0.25) is 17.6 Å². The summed E-state index contributed by atoms with van der Waals surface area (Å²) in [6, 6.07) is 14.6. The molecule has 0 bridgehead atoms. The zero-order chi connectivity index (χ0) is 21.8. The first-order valence-electron chi connectivity index (χ1n) is 10.0. The van der Waals surface area contributed by atoms with Gasteiger partial charge in [0.25, 0.3) is 5.91 Å². The molecule has 0 aromatic heterocycles. The van der Waals surface area contributed by atoms with Gasteiger partial charge in [-0.1, -0.05) is 48.0 Å². The van der Waals surface area contributed by atoms with E-state index in [4.69, 9.17) is 16.3 Å². The van der Waals surface area contributed by atoms with Crippen molar-refractivity contribution in [2.24, 2.45) is 0 Å². The van der Waals surface area contributed by atoms with Crippen LogP contribution in [-0.4, -0.2) is 41.8 Å². The highest BCUT2D eigenvalue weighted by Gasteiger charge is 2.37. The first kappa shape index (κ1) is 20.8. The van der Waals surface area contributed by atoms with Crippen molar-refractivity contribution in [1.82, 2.24) is 5.32 Å². The molecule has 1 aliphatic carbocycles. The fourth-order valence-corrected chi connectivity index (χ4v) is 3.56. The minimum atomic E-state index is -0.273. The molecule has 0 saturated heterocycles. The Hall–Kier alpha value is -3.44. The third-order valence-corrected chi connectivity index (χ3v) is 5.45. The van der Waals surface area contributed by atoms with Gasteiger partial charge in [-0.05, 0) is 54.0 Å². The van der Waals surface area contributed by atoms with Crippen molar-refractivity contribution in [2.45, 2.75) is 12.5 Å². The molecular formula is C25H22ClN2O3+. The number of rotatable bonds is 5. The van der Waals surface area contributed by atoms with E-state index in [1.165, 1.54) is 0 Å². The Balaban J connectivity index is 1.39. The molecule has 156 valence electrons. The predicted octanol–water partition coefficient (Wildman–Crippen LogP) is 3.79. The minimum absolute atomic E-state index is 0.142. The van der Waals surface area contributed by atoms with E-state index in [0.29, 0.717) is 17.1 Å². The topological polar surface area (TPSA) is 58.4 Å². The highest BCUT2D eigenvalue weighted by atomic mass is 35.5. The molecule has 2 aromatic rings. The molecule has 1 heterocycles. The summed E-state index contributed by atoms with van der Waals surface area (Å²) in [6.45, 7) is 0.531. The molecule has 1 aliphatic heterocycles. The molecule has 0 fully saturated rings. The van der Waals surface area contributed by atoms with E-state index in [1.54, 1.807) is 42.0 Å². The number of carbonyl (C=O) groups is 2. The maximum atomic E-state index is 12.6. The summed E-state index contributed by atoms with van der Waals surface area (Å²) in [7, 11) is 1.74. The molecule has 0 saturated carbocycles. The van der Waals surface area contributed by atoms with Crippen molar-refractivity contribution in [3.05, 3.63) is 100 Å². The van der Waals surface area contributed by atoms with Gasteiger partial charge >= 0.3 is 5.91 Å². The number of amides is 2. The van der Waals surface area contributed by atoms with Crippen LogP contribution >= 0.6 is 11.6 Å². The standard InChI is InChI=1S/C25H21ClN2O3/c1-28-21-4-2-3-5-22(21)31-23(25(28)30)16-18-6-10-19(11-7-18)24(29)27-15-14-17-8-12-20(26)13-9-17/h2-13,16,22H,14-15H2,1H3/p+1/b23-16-. The SMILES string of the molecule is C[N+]1=C2C=CC=CC2O/C(=C\c2ccc(C(=O)NCCc3ccc(Cl)cc3)cc2)C1=O. The van der Waals surface area contributed by atoms with Crippen LogP contribution in [0.25, 0.3) is 6.08 Å². The molecule has 2 aromatic carbocycles. The maximum absolute atomic E-state index is 12.6. The molecule has 1 N–H and O–H groups in total. The summed E-state index contributed by atoms with van der Waals surface area (Å²) in [6.07, 6.45) is 9.71. The minimum Gasteiger partial charge on any atom is -0.465 e. The van der Waals surface area contributed by atoms with Gasteiger partial charge in [-0.3, -0.25) is 4.79 Å². The number of carbonyl (C=O) groups excluding carboxylic acids is 2. The molecule has 6 heteroatoms. The van der Waals surface area contributed by atoms with Crippen LogP contribution in [0.5, 0.6) is 0 Å². The number of allylic oxidation sites excluding steroid dienone is 2. The molecule has 5 nitrogen and oxygen atoms in total. The lowest BCUT2D eigenvalue weighted by atomic mass is 10.1. The summed E-state index contributed by atoms with van der Waals surface area (Å²) in [5.41, 5.74) is 3.27. The van der Waals surface area contributed by atoms with Crippen LogP contribution < -0.4 is 5.32 Å². The van der Waals surface area contributed by atoms with Gasteiger partial charge < -0.3 is 10.1 Å². The van der Waals surface area contributed by atoms with Crippen molar-refractivity contribution in [2.75, 3.05) is 13.6 Å². The number of ether oxygens (including phenoxy) is 1. The number of hydrogen-bond acceptors (Lipinski definition) is 3. The second kappa shape index (κ2) is 9.14. The number of nitrogens with one attached hydrogen (secondary N) is 1. The lowest BCUT2D eigenvalue weighted by Crippen LogP contribution is -2.40. The lowest BCUT2D eigenvalue weighted by Gasteiger charge is -2.21. The summed E-state index contributed by atoms with van der Waals surface area (Å²) in [5.74, 6) is -0.0668. The zero-order valence-electron chi connectivity index (χ0n) is 17.0. The fourth-order valence-electron chi connectivity index (χ4n) is 3.44. The van der Waals surface area contributed by atoms with Crippen LogP contribution in [0.3, 0.4) is 0 Å². The highest BCUT2D eigenvalue weighted by Crippen LogP contribution is 2.20. The van der Waals surface area contributed by atoms with Crippen LogP contribution in [0.4, 0.5) is 0 Å². The average Bonchev–Trinajstić information content (AvgIpc) is 2.79. The largest absolute Gasteiger partial charge is 0.465 e. The Morgan fingerprint density at radius 2 is 1.87 bits per heavy atom. The number of nitrogens with zero attached hydrogens (tertiary/aromatic N) is 1. The molecule has 0 radical (unpaired) electrons. The van der Waals surface area contributed by atoms with Crippen LogP contribution in [0.15, 0.2) is 78.6 Å².